The van der Waals surface area contributed by atoms with Gasteiger partial charge in [0.05, 0.1) is 6.20 Å². The van der Waals surface area contributed by atoms with Crippen molar-refractivity contribution in [2.24, 2.45) is 0 Å². The van der Waals surface area contributed by atoms with Crippen molar-refractivity contribution in [1.82, 2.24) is 9.71 Å². The number of carbonyl (C=O) groups excluding carboxylic acids is 1. The Balaban J connectivity index is 1.20. The number of carbonyl (C=O) groups is 1. The number of anilines is 1. The smallest absolute Gasteiger partial charge is 0.417 e. The number of aromatic nitrogens is 1. The minimum atomic E-state index is -0.486. The summed E-state index contributed by atoms with van der Waals surface area (Å²) in [5, 5.41) is 0.838. The van der Waals surface area contributed by atoms with Gasteiger partial charge < -0.3 is 9.46 Å². The van der Waals surface area contributed by atoms with Crippen LogP contribution in [0.25, 0.3) is 10.6 Å². The van der Waals surface area contributed by atoms with Gasteiger partial charge in [0.1, 0.15) is 21.6 Å². The van der Waals surface area contributed by atoms with Gasteiger partial charge in [-0.2, -0.15) is 0 Å². The van der Waals surface area contributed by atoms with E-state index < -0.39 is 6.09 Å². The molecule has 0 aliphatic rings. The SMILES string of the molecule is CC(C)(C)c1ccc(SNC(=O)OCc2ccc(NSc3cnc(-c4ccc(F)cc4)s3)cc2)cc1. The molecule has 2 N–H and O–H groups in total. The average Bonchev–Trinajstić information content (AvgIpc) is 3.35. The van der Waals surface area contributed by atoms with Crippen molar-refractivity contribution in [2.75, 3.05) is 4.72 Å². The molecule has 0 aliphatic heterocycles. The molecule has 3 aromatic carbocycles. The van der Waals surface area contributed by atoms with Gasteiger partial charge in [-0.05, 0) is 89.0 Å². The van der Waals surface area contributed by atoms with Crippen LogP contribution in [0.1, 0.15) is 31.9 Å². The molecule has 0 bridgehead atoms. The van der Waals surface area contributed by atoms with Gasteiger partial charge in [0.25, 0.3) is 0 Å². The molecule has 0 aliphatic carbocycles. The fraction of sp³-hybridized carbons (Fsp3) is 0.185. The lowest BCUT2D eigenvalue weighted by Gasteiger charge is -2.19. The van der Waals surface area contributed by atoms with Crippen LogP contribution in [0.15, 0.2) is 88.1 Å². The lowest BCUT2D eigenvalue weighted by atomic mass is 9.87. The summed E-state index contributed by atoms with van der Waals surface area (Å²) >= 11 is 4.22. The van der Waals surface area contributed by atoms with Crippen LogP contribution in [-0.4, -0.2) is 11.1 Å². The molecule has 1 heterocycles. The van der Waals surface area contributed by atoms with Gasteiger partial charge in [0.2, 0.25) is 0 Å². The third-order valence-electron chi connectivity index (χ3n) is 5.14. The van der Waals surface area contributed by atoms with Gasteiger partial charge in [-0.25, -0.2) is 14.2 Å². The van der Waals surface area contributed by atoms with Gasteiger partial charge in [-0.15, -0.1) is 11.3 Å². The van der Waals surface area contributed by atoms with Crippen molar-refractivity contribution in [3.8, 4) is 10.6 Å². The maximum absolute atomic E-state index is 13.1. The number of thiazole rings is 1. The molecule has 36 heavy (non-hydrogen) atoms. The lowest BCUT2D eigenvalue weighted by molar-refractivity contribution is 0.147. The number of ether oxygens (including phenoxy) is 1. The number of amides is 1. The van der Waals surface area contributed by atoms with Crippen LogP contribution in [0.3, 0.4) is 0 Å². The zero-order chi connectivity index (χ0) is 25.5. The molecule has 0 saturated heterocycles. The van der Waals surface area contributed by atoms with E-state index >= 15 is 0 Å². The van der Waals surface area contributed by atoms with Crippen LogP contribution < -0.4 is 9.44 Å². The molecule has 0 unspecified atom stereocenters. The van der Waals surface area contributed by atoms with Gasteiger partial charge in [0, 0.05) is 16.1 Å². The number of rotatable bonds is 8. The molecule has 9 heteroatoms. The quantitative estimate of drug-likeness (QED) is 0.220. The summed E-state index contributed by atoms with van der Waals surface area (Å²) in [5.41, 5.74) is 4.02. The fourth-order valence-corrected chi connectivity index (χ4v) is 5.29. The van der Waals surface area contributed by atoms with Crippen LogP contribution in [0.5, 0.6) is 0 Å². The summed E-state index contributed by atoms with van der Waals surface area (Å²) in [6, 6.07) is 22.1. The second-order valence-corrected chi connectivity index (χ2v) is 12.0. The summed E-state index contributed by atoms with van der Waals surface area (Å²) in [4.78, 5) is 17.4. The van der Waals surface area contributed by atoms with E-state index in [1.165, 1.54) is 52.9 Å². The molecule has 4 rings (SSSR count). The van der Waals surface area contributed by atoms with E-state index in [1.54, 1.807) is 18.3 Å². The van der Waals surface area contributed by atoms with E-state index in [9.17, 15) is 9.18 Å². The molecule has 1 aromatic heterocycles. The van der Waals surface area contributed by atoms with Gasteiger partial charge in [-0.3, -0.25) is 4.72 Å². The first-order valence-corrected chi connectivity index (χ1v) is 13.6. The van der Waals surface area contributed by atoms with Gasteiger partial charge >= 0.3 is 6.09 Å². The van der Waals surface area contributed by atoms with E-state index in [-0.39, 0.29) is 17.8 Å². The minimum absolute atomic E-state index is 0.0925. The van der Waals surface area contributed by atoms with Crippen LogP contribution in [0, 0.1) is 5.82 Å². The standard InChI is InChI=1S/C27H26FN3O2S3/c1-27(2,3)20-8-14-23(15-9-20)35-31-26(32)33-17-18-4-12-22(13-5-18)30-36-24-16-29-25(34-24)19-6-10-21(28)11-7-19/h4-16,30H,17H2,1-3H3,(H,31,32). The molecule has 5 nitrogen and oxygen atoms in total. The normalized spacial score (nSPS) is 11.2. The molecule has 1 amide bonds. The molecule has 0 radical (unpaired) electrons. The molecule has 0 fully saturated rings. The van der Waals surface area contributed by atoms with Gasteiger partial charge in [0.15, 0.2) is 0 Å². The molecule has 4 aromatic rings. The molecular formula is C27H26FN3O2S3. The first-order chi connectivity index (χ1) is 17.3. The summed E-state index contributed by atoms with van der Waals surface area (Å²) in [7, 11) is 0. The molecule has 0 saturated carbocycles. The second kappa shape index (κ2) is 11.8. The third kappa shape index (κ3) is 7.49. The summed E-state index contributed by atoms with van der Waals surface area (Å²) in [6.45, 7) is 6.68. The predicted octanol–water partition coefficient (Wildman–Crippen LogP) is 8.30. The number of nitrogens with zero attached hydrogens (tertiary/aromatic N) is 1. The van der Waals surface area contributed by atoms with Crippen LogP contribution in [-0.2, 0) is 16.8 Å². The van der Waals surface area contributed by atoms with Crippen LogP contribution >= 0.6 is 35.2 Å². The van der Waals surface area contributed by atoms with Crippen molar-refractivity contribution < 1.29 is 13.9 Å². The summed E-state index contributed by atoms with van der Waals surface area (Å²) in [5.74, 6) is -0.262. The number of hydrogen-bond donors (Lipinski definition) is 2. The molecule has 0 spiro atoms. The first-order valence-electron chi connectivity index (χ1n) is 11.2. The van der Waals surface area contributed by atoms with E-state index in [0.717, 1.165) is 30.9 Å². The Morgan fingerprint density at radius 3 is 2.33 bits per heavy atom. The molecule has 0 atom stereocenters. The topological polar surface area (TPSA) is 63.2 Å². The second-order valence-electron chi connectivity index (χ2n) is 8.95. The predicted molar refractivity (Wildman–Crippen MR) is 148 cm³/mol. The highest BCUT2D eigenvalue weighted by Gasteiger charge is 2.13. The maximum atomic E-state index is 13.1. The fourth-order valence-electron chi connectivity index (χ4n) is 3.11. The van der Waals surface area contributed by atoms with E-state index in [2.05, 4.69) is 47.3 Å². The number of hydrogen-bond acceptors (Lipinski definition) is 7. The van der Waals surface area contributed by atoms with Crippen LogP contribution in [0.2, 0.25) is 0 Å². The summed E-state index contributed by atoms with van der Waals surface area (Å²) < 4.78 is 25.4. The van der Waals surface area contributed by atoms with E-state index in [1.807, 2.05) is 36.4 Å². The van der Waals surface area contributed by atoms with E-state index in [4.69, 9.17) is 4.74 Å². The zero-order valence-electron chi connectivity index (χ0n) is 20.1. The Labute approximate surface area is 223 Å². The maximum Gasteiger partial charge on any atom is 0.417 e. The van der Waals surface area contributed by atoms with Crippen LogP contribution in [0.4, 0.5) is 14.9 Å². The largest absolute Gasteiger partial charge is 0.444 e. The number of benzene rings is 3. The number of nitrogens with one attached hydrogen (secondary N) is 2. The first kappa shape index (κ1) is 26.1. The van der Waals surface area contributed by atoms with Crippen molar-refractivity contribution in [2.45, 2.75) is 41.9 Å². The molecule has 186 valence electrons. The minimum Gasteiger partial charge on any atom is -0.444 e. The summed E-state index contributed by atoms with van der Waals surface area (Å²) in [6.07, 6.45) is 1.30. The van der Waals surface area contributed by atoms with Crippen molar-refractivity contribution in [3.05, 3.63) is 95.9 Å². The Bertz CT molecular complexity index is 1290. The monoisotopic (exact) mass is 539 g/mol. The highest BCUT2D eigenvalue weighted by atomic mass is 32.2. The Morgan fingerprint density at radius 1 is 0.972 bits per heavy atom. The Kier molecular flexibility index (Phi) is 8.56. The zero-order valence-corrected chi connectivity index (χ0v) is 22.5. The highest BCUT2D eigenvalue weighted by molar-refractivity contribution is 8.02. The highest BCUT2D eigenvalue weighted by Crippen LogP contribution is 2.32. The Morgan fingerprint density at radius 2 is 1.67 bits per heavy atom. The van der Waals surface area contributed by atoms with Crippen molar-refractivity contribution in [1.29, 1.82) is 0 Å². The van der Waals surface area contributed by atoms with Crippen molar-refractivity contribution >= 4 is 47.0 Å². The third-order valence-corrected chi connectivity index (χ3v) is 7.90. The average molecular weight is 540 g/mol. The van der Waals surface area contributed by atoms with Gasteiger partial charge in [-0.1, -0.05) is 45.0 Å². The lowest BCUT2D eigenvalue weighted by Crippen LogP contribution is -2.17. The molecular weight excluding hydrogens is 514 g/mol. The Hall–Kier alpha value is -3.01. The van der Waals surface area contributed by atoms with Crippen molar-refractivity contribution in [3.63, 3.8) is 0 Å². The van der Waals surface area contributed by atoms with E-state index in [0.29, 0.717) is 0 Å². The number of halogens is 1.